The first-order chi connectivity index (χ1) is 6.58. The highest BCUT2D eigenvalue weighted by Crippen LogP contribution is 2.39. The van der Waals surface area contributed by atoms with E-state index in [0.717, 1.165) is 21.8 Å². The summed E-state index contributed by atoms with van der Waals surface area (Å²) in [5.41, 5.74) is 0.248. The van der Waals surface area contributed by atoms with Gasteiger partial charge >= 0.3 is 0 Å². The van der Waals surface area contributed by atoms with Crippen molar-refractivity contribution in [3.63, 3.8) is 0 Å². The molecule has 0 saturated heterocycles. The summed E-state index contributed by atoms with van der Waals surface area (Å²) < 4.78 is 0.769. The smallest absolute Gasteiger partial charge is 0.113 e. The molecule has 0 bridgehead atoms. The average Bonchev–Trinajstić information content (AvgIpc) is 2.89. The number of aromatic nitrogens is 1. The van der Waals surface area contributed by atoms with E-state index < -0.39 is 0 Å². The first kappa shape index (κ1) is 10.4. The molecule has 2 rings (SSSR count). The minimum atomic E-state index is 0.248. The lowest BCUT2D eigenvalue weighted by Gasteiger charge is -2.25. The zero-order valence-corrected chi connectivity index (χ0v) is 10.1. The standard InChI is InChI=1S/C10H15ClN2S/c1-10(2,7-3-4-7)13-6-9-12-5-8(11)14-9/h5,7,13H,3-4,6H2,1-2H3. The zero-order valence-electron chi connectivity index (χ0n) is 8.51. The summed E-state index contributed by atoms with van der Waals surface area (Å²) in [5, 5.41) is 4.61. The van der Waals surface area contributed by atoms with Gasteiger partial charge in [0, 0.05) is 12.1 Å². The Bertz CT molecular complexity index is 318. The van der Waals surface area contributed by atoms with E-state index in [-0.39, 0.29) is 5.54 Å². The Hall–Kier alpha value is -0.120. The van der Waals surface area contributed by atoms with Gasteiger partial charge in [-0.05, 0) is 32.6 Å². The highest BCUT2D eigenvalue weighted by Gasteiger charge is 2.37. The van der Waals surface area contributed by atoms with Gasteiger partial charge in [0.05, 0.1) is 6.20 Å². The van der Waals surface area contributed by atoms with Gasteiger partial charge in [-0.25, -0.2) is 4.98 Å². The molecule has 0 amide bonds. The highest BCUT2D eigenvalue weighted by atomic mass is 35.5. The van der Waals surface area contributed by atoms with E-state index in [1.54, 1.807) is 17.5 Å². The van der Waals surface area contributed by atoms with E-state index in [4.69, 9.17) is 11.6 Å². The summed E-state index contributed by atoms with van der Waals surface area (Å²) in [4.78, 5) is 4.22. The van der Waals surface area contributed by atoms with E-state index in [2.05, 4.69) is 24.1 Å². The largest absolute Gasteiger partial charge is 0.305 e. The second-order valence-electron chi connectivity index (χ2n) is 4.41. The van der Waals surface area contributed by atoms with Crippen LogP contribution in [0.4, 0.5) is 0 Å². The van der Waals surface area contributed by atoms with Gasteiger partial charge in [-0.2, -0.15) is 0 Å². The van der Waals surface area contributed by atoms with Gasteiger partial charge in [-0.3, -0.25) is 0 Å². The Kier molecular flexibility index (Phi) is 2.82. The Balaban J connectivity index is 1.87. The van der Waals surface area contributed by atoms with Crippen molar-refractivity contribution < 1.29 is 0 Å². The van der Waals surface area contributed by atoms with E-state index in [0.29, 0.717) is 0 Å². The first-order valence-electron chi connectivity index (χ1n) is 4.93. The predicted octanol–water partition coefficient (Wildman–Crippen LogP) is 3.07. The molecule has 1 saturated carbocycles. The summed E-state index contributed by atoms with van der Waals surface area (Å²) in [6.45, 7) is 5.36. The van der Waals surface area contributed by atoms with Crippen molar-refractivity contribution in [1.82, 2.24) is 10.3 Å². The zero-order chi connectivity index (χ0) is 10.2. The summed E-state index contributed by atoms with van der Waals surface area (Å²) >= 11 is 7.37. The lowest BCUT2D eigenvalue weighted by Crippen LogP contribution is -2.40. The number of nitrogens with one attached hydrogen (secondary N) is 1. The molecule has 1 aromatic rings. The van der Waals surface area contributed by atoms with Crippen molar-refractivity contribution in [2.75, 3.05) is 0 Å². The first-order valence-corrected chi connectivity index (χ1v) is 6.12. The maximum atomic E-state index is 5.81. The van der Waals surface area contributed by atoms with Crippen LogP contribution >= 0.6 is 22.9 Å². The van der Waals surface area contributed by atoms with Crippen LogP contribution in [0.15, 0.2) is 6.20 Å². The molecule has 1 aliphatic carbocycles. The third kappa shape index (κ3) is 2.47. The number of hydrogen-bond acceptors (Lipinski definition) is 3. The van der Waals surface area contributed by atoms with E-state index in [9.17, 15) is 0 Å². The molecular formula is C10H15ClN2S. The van der Waals surface area contributed by atoms with Gasteiger partial charge in [0.15, 0.2) is 0 Å². The molecule has 1 aliphatic rings. The summed E-state index contributed by atoms with van der Waals surface area (Å²) in [7, 11) is 0. The van der Waals surface area contributed by atoms with Crippen LogP contribution in [0, 0.1) is 5.92 Å². The van der Waals surface area contributed by atoms with Gasteiger partial charge in [0.1, 0.15) is 9.34 Å². The van der Waals surface area contributed by atoms with Crippen molar-refractivity contribution in [1.29, 1.82) is 0 Å². The van der Waals surface area contributed by atoms with Gasteiger partial charge in [0.2, 0.25) is 0 Å². The van der Waals surface area contributed by atoms with Crippen LogP contribution in [0.5, 0.6) is 0 Å². The fourth-order valence-electron chi connectivity index (χ4n) is 1.62. The topological polar surface area (TPSA) is 24.9 Å². The fourth-order valence-corrected chi connectivity index (χ4v) is 2.52. The van der Waals surface area contributed by atoms with Crippen LogP contribution in [0.2, 0.25) is 4.34 Å². The maximum absolute atomic E-state index is 5.81. The molecule has 0 unspecified atom stereocenters. The molecule has 0 aromatic carbocycles. The van der Waals surface area contributed by atoms with Gasteiger partial charge < -0.3 is 5.32 Å². The second kappa shape index (κ2) is 3.80. The highest BCUT2D eigenvalue weighted by molar-refractivity contribution is 7.15. The molecule has 0 atom stereocenters. The van der Waals surface area contributed by atoms with Crippen molar-refractivity contribution in [2.24, 2.45) is 5.92 Å². The number of rotatable bonds is 4. The van der Waals surface area contributed by atoms with Crippen LogP contribution in [0.1, 0.15) is 31.7 Å². The van der Waals surface area contributed by atoms with E-state index >= 15 is 0 Å². The Morgan fingerprint density at radius 2 is 2.36 bits per heavy atom. The third-order valence-corrected chi connectivity index (χ3v) is 3.93. The van der Waals surface area contributed by atoms with E-state index in [1.165, 1.54) is 12.8 Å². The normalized spacial score (nSPS) is 17.4. The molecule has 1 heterocycles. The molecule has 1 fully saturated rings. The SMILES string of the molecule is CC(C)(NCc1ncc(Cl)s1)C1CC1. The van der Waals surface area contributed by atoms with Gasteiger partial charge in [-0.1, -0.05) is 11.6 Å². The molecule has 0 radical (unpaired) electrons. The van der Waals surface area contributed by atoms with Crippen molar-refractivity contribution in [3.05, 3.63) is 15.5 Å². The lowest BCUT2D eigenvalue weighted by molar-refractivity contribution is 0.339. The summed E-state index contributed by atoms with van der Waals surface area (Å²) in [6.07, 6.45) is 4.44. The predicted molar refractivity (Wildman–Crippen MR) is 60.8 cm³/mol. The monoisotopic (exact) mass is 230 g/mol. The molecule has 1 aromatic heterocycles. The molecule has 2 nitrogen and oxygen atoms in total. The summed E-state index contributed by atoms with van der Waals surface area (Å²) in [5.74, 6) is 0.845. The Morgan fingerprint density at radius 1 is 1.64 bits per heavy atom. The molecule has 0 aliphatic heterocycles. The quantitative estimate of drug-likeness (QED) is 0.860. The maximum Gasteiger partial charge on any atom is 0.113 e. The molecular weight excluding hydrogens is 216 g/mol. The second-order valence-corrected chi connectivity index (χ2v) is 6.15. The summed E-state index contributed by atoms with van der Waals surface area (Å²) in [6, 6.07) is 0. The molecule has 1 N–H and O–H groups in total. The Morgan fingerprint density at radius 3 is 2.86 bits per heavy atom. The fraction of sp³-hybridized carbons (Fsp3) is 0.700. The van der Waals surface area contributed by atoms with Crippen molar-refractivity contribution >= 4 is 22.9 Å². The van der Waals surface area contributed by atoms with Gasteiger partial charge in [-0.15, -0.1) is 11.3 Å². The van der Waals surface area contributed by atoms with Crippen LogP contribution in [0.3, 0.4) is 0 Å². The van der Waals surface area contributed by atoms with Crippen LogP contribution in [0.25, 0.3) is 0 Å². The number of halogens is 1. The molecule has 14 heavy (non-hydrogen) atoms. The van der Waals surface area contributed by atoms with Crippen molar-refractivity contribution in [3.8, 4) is 0 Å². The molecule has 78 valence electrons. The number of nitrogens with zero attached hydrogens (tertiary/aromatic N) is 1. The van der Waals surface area contributed by atoms with Crippen LogP contribution < -0.4 is 5.32 Å². The third-order valence-electron chi connectivity index (χ3n) is 2.82. The van der Waals surface area contributed by atoms with Crippen LogP contribution in [-0.4, -0.2) is 10.5 Å². The van der Waals surface area contributed by atoms with E-state index in [1.807, 2.05) is 0 Å². The average molecular weight is 231 g/mol. The van der Waals surface area contributed by atoms with Crippen molar-refractivity contribution in [2.45, 2.75) is 38.8 Å². The Labute approximate surface area is 93.7 Å². The number of hydrogen-bond donors (Lipinski definition) is 1. The molecule has 0 spiro atoms. The minimum absolute atomic E-state index is 0.248. The minimum Gasteiger partial charge on any atom is -0.305 e. The van der Waals surface area contributed by atoms with Crippen LogP contribution in [-0.2, 0) is 6.54 Å². The van der Waals surface area contributed by atoms with Gasteiger partial charge in [0.25, 0.3) is 0 Å². The molecule has 4 heteroatoms. The lowest BCUT2D eigenvalue weighted by atomic mass is 9.99. The number of thiazole rings is 1.